The number of para-hydroxylation sites is 1. The van der Waals surface area contributed by atoms with Crippen molar-refractivity contribution in [2.24, 2.45) is 0 Å². The number of oxazole rings is 1. The normalized spacial score (nSPS) is 10.2. The Hall–Kier alpha value is -2.30. The van der Waals surface area contributed by atoms with Crippen LogP contribution in [0.1, 0.15) is 18.1 Å². The fourth-order valence-electron chi connectivity index (χ4n) is 1.42. The first kappa shape index (κ1) is 12.2. The van der Waals surface area contributed by atoms with Gasteiger partial charge in [-0.2, -0.15) is 0 Å². The van der Waals surface area contributed by atoms with Crippen LogP contribution < -0.4 is 4.74 Å². The van der Waals surface area contributed by atoms with Crippen LogP contribution in [-0.2, 0) is 17.8 Å². The number of carboxylic acid groups (broad SMARTS) is 1. The van der Waals surface area contributed by atoms with E-state index in [0.717, 1.165) is 5.75 Å². The van der Waals surface area contributed by atoms with Crippen molar-refractivity contribution in [2.75, 3.05) is 0 Å². The molecule has 0 atom stereocenters. The average Bonchev–Trinajstić information content (AvgIpc) is 2.83. The molecule has 0 amide bonds. The summed E-state index contributed by atoms with van der Waals surface area (Å²) in [4.78, 5) is 14.4. The molecule has 0 radical (unpaired) electrons. The van der Waals surface area contributed by atoms with Crippen molar-refractivity contribution in [1.29, 1.82) is 0 Å². The number of hydrogen-bond acceptors (Lipinski definition) is 4. The molecule has 0 saturated carbocycles. The molecule has 1 aromatic heterocycles. The number of aliphatic carboxylic acids is 1. The number of carboxylic acids is 1. The molecule has 1 aromatic carbocycles. The monoisotopic (exact) mass is 247 g/mol. The third-order valence-electron chi connectivity index (χ3n) is 2.29. The fraction of sp³-hybridized carbons (Fsp3) is 0.231. The molecule has 5 nitrogen and oxygen atoms in total. The zero-order valence-corrected chi connectivity index (χ0v) is 9.70. The lowest BCUT2D eigenvalue weighted by atomic mass is 10.3. The van der Waals surface area contributed by atoms with E-state index >= 15 is 0 Å². The minimum Gasteiger partial charge on any atom is -0.484 e. The van der Waals surface area contributed by atoms with E-state index in [1.54, 1.807) is 0 Å². The lowest BCUT2D eigenvalue weighted by Crippen LogP contribution is -1.96. The summed E-state index contributed by atoms with van der Waals surface area (Å²) < 4.78 is 10.8. The van der Waals surface area contributed by atoms with Gasteiger partial charge in [0.25, 0.3) is 0 Å². The maximum atomic E-state index is 10.4. The largest absolute Gasteiger partial charge is 0.484 e. The molecule has 0 fully saturated rings. The van der Waals surface area contributed by atoms with Gasteiger partial charge in [0.05, 0.1) is 12.6 Å². The molecule has 1 heterocycles. The average molecular weight is 247 g/mol. The van der Waals surface area contributed by atoms with Gasteiger partial charge in [-0.1, -0.05) is 18.2 Å². The van der Waals surface area contributed by atoms with E-state index in [-0.39, 0.29) is 13.0 Å². The van der Waals surface area contributed by atoms with E-state index in [4.69, 9.17) is 14.3 Å². The first-order valence-corrected chi connectivity index (χ1v) is 5.57. The van der Waals surface area contributed by atoms with Gasteiger partial charge in [-0.05, 0) is 12.1 Å². The second kappa shape index (κ2) is 5.86. The van der Waals surface area contributed by atoms with Crippen molar-refractivity contribution in [1.82, 2.24) is 4.98 Å². The number of carbonyl (C=O) groups is 1. The van der Waals surface area contributed by atoms with Crippen LogP contribution in [-0.4, -0.2) is 16.1 Å². The predicted molar refractivity (Wildman–Crippen MR) is 63.2 cm³/mol. The van der Waals surface area contributed by atoms with Crippen LogP contribution >= 0.6 is 0 Å². The Labute approximate surface area is 104 Å². The lowest BCUT2D eigenvalue weighted by molar-refractivity contribution is -0.137. The SMILES string of the molecule is O=C(O)CCc1cnc(COc2ccccc2)o1. The van der Waals surface area contributed by atoms with E-state index in [1.807, 2.05) is 30.3 Å². The first-order valence-electron chi connectivity index (χ1n) is 5.57. The van der Waals surface area contributed by atoms with Gasteiger partial charge < -0.3 is 14.3 Å². The van der Waals surface area contributed by atoms with Gasteiger partial charge >= 0.3 is 5.97 Å². The summed E-state index contributed by atoms with van der Waals surface area (Å²) in [5.74, 6) is 0.888. The first-order chi connectivity index (χ1) is 8.74. The van der Waals surface area contributed by atoms with Crippen LogP contribution in [0.5, 0.6) is 5.75 Å². The Morgan fingerprint density at radius 3 is 2.83 bits per heavy atom. The molecule has 18 heavy (non-hydrogen) atoms. The van der Waals surface area contributed by atoms with E-state index in [0.29, 0.717) is 18.1 Å². The number of ether oxygens (including phenoxy) is 1. The van der Waals surface area contributed by atoms with Crippen molar-refractivity contribution in [3.63, 3.8) is 0 Å². The van der Waals surface area contributed by atoms with Gasteiger partial charge in [-0.25, -0.2) is 4.98 Å². The minimum atomic E-state index is -0.853. The van der Waals surface area contributed by atoms with E-state index in [2.05, 4.69) is 4.98 Å². The summed E-state index contributed by atoms with van der Waals surface area (Å²) in [6.45, 7) is 0.233. The standard InChI is InChI=1S/C13H13NO4/c15-13(16)7-6-11-8-14-12(18-11)9-17-10-4-2-1-3-5-10/h1-5,8H,6-7,9H2,(H,15,16). The van der Waals surface area contributed by atoms with Gasteiger partial charge in [0.2, 0.25) is 5.89 Å². The highest BCUT2D eigenvalue weighted by molar-refractivity contribution is 5.66. The highest BCUT2D eigenvalue weighted by atomic mass is 16.5. The van der Waals surface area contributed by atoms with Crippen molar-refractivity contribution >= 4 is 5.97 Å². The van der Waals surface area contributed by atoms with Crippen LogP contribution in [0.25, 0.3) is 0 Å². The van der Waals surface area contributed by atoms with E-state index < -0.39 is 5.97 Å². The van der Waals surface area contributed by atoms with Crippen molar-refractivity contribution in [3.05, 3.63) is 48.2 Å². The minimum absolute atomic E-state index is 0.0359. The van der Waals surface area contributed by atoms with E-state index in [1.165, 1.54) is 6.20 Å². The lowest BCUT2D eigenvalue weighted by Gasteiger charge is -2.02. The number of benzene rings is 1. The Morgan fingerprint density at radius 2 is 2.11 bits per heavy atom. The quantitative estimate of drug-likeness (QED) is 0.847. The highest BCUT2D eigenvalue weighted by Gasteiger charge is 2.06. The number of hydrogen-bond donors (Lipinski definition) is 1. The number of nitrogens with zero attached hydrogens (tertiary/aromatic N) is 1. The highest BCUT2D eigenvalue weighted by Crippen LogP contribution is 2.12. The predicted octanol–water partition coefficient (Wildman–Crippen LogP) is 2.27. The third kappa shape index (κ3) is 3.62. The summed E-state index contributed by atoms with van der Waals surface area (Å²) >= 11 is 0. The summed E-state index contributed by atoms with van der Waals surface area (Å²) in [5.41, 5.74) is 0. The van der Waals surface area contributed by atoms with Crippen molar-refractivity contribution in [2.45, 2.75) is 19.4 Å². The van der Waals surface area contributed by atoms with Gasteiger partial charge in [0.15, 0.2) is 6.61 Å². The molecular formula is C13H13NO4. The van der Waals surface area contributed by atoms with Gasteiger partial charge in [-0.3, -0.25) is 4.79 Å². The molecule has 2 aromatic rings. The molecule has 0 bridgehead atoms. The van der Waals surface area contributed by atoms with E-state index in [9.17, 15) is 4.79 Å². The maximum absolute atomic E-state index is 10.4. The fourth-order valence-corrected chi connectivity index (χ4v) is 1.42. The molecule has 0 saturated heterocycles. The van der Waals surface area contributed by atoms with Gasteiger partial charge in [0, 0.05) is 6.42 Å². The Bertz CT molecular complexity index is 507. The number of aryl methyl sites for hydroxylation is 1. The van der Waals surface area contributed by atoms with Gasteiger partial charge in [-0.15, -0.1) is 0 Å². The van der Waals surface area contributed by atoms with Crippen LogP contribution in [0.4, 0.5) is 0 Å². The van der Waals surface area contributed by atoms with Crippen LogP contribution in [0.2, 0.25) is 0 Å². The Kier molecular flexibility index (Phi) is 3.96. The van der Waals surface area contributed by atoms with Crippen molar-refractivity contribution in [3.8, 4) is 5.75 Å². The second-order valence-electron chi connectivity index (χ2n) is 3.72. The smallest absolute Gasteiger partial charge is 0.303 e. The molecule has 1 N–H and O–H groups in total. The molecular weight excluding hydrogens is 234 g/mol. The summed E-state index contributed by atoms with van der Waals surface area (Å²) in [6, 6.07) is 9.34. The van der Waals surface area contributed by atoms with Gasteiger partial charge in [0.1, 0.15) is 11.5 Å². The zero-order valence-electron chi connectivity index (χ0n) is 9.70. The Balaban J connectivity index is 1.85. The van der Waals surface area contributed by atoms with Crippen LogP contribution in [0, 0.1) is 0 Å². The number of rotatable bonds is 6. The van der Waals surface area contributed by atoms with Crippen LogP contribution in [0.3, 0.4) is 0 Å². The summed E-state index contributed by atoms with van der Waals surface area (Å²) in [6.07, 6.45) is 1.91. The molecule has 0 aliphatic rings. The Morgan fingerprint density at radius 1 is 1.33 bits per heavy atom. The molecule has 94 valence electrons. The molecule has 0 aliphatic carbocycles. The molecule has 5 heteroatoms. The number of aromatic nitrogens is 1. The molecule has 2 rings (SSSR count). The molecule has 0 aliphatic heterocycles. The second-order valence-corrected chi connectivity index (χ2v) is 3.72. The summed E-state index contributed by atoms with van der Waals surface area (Å²) in [5, 5.41) is 8.55. The molecule has 0 unspecified atom stereocenters. The zero-order chi connectivity index (χ0) is 12.8. The topological polar surface area (TPSA) is 72.6 Å². The van der Waals surface area contributed by atoms with Crippen molar-refractivity contribution < 1.29 is 19.1 Å². The van der Waals surface area contributed by atoms with Crippen LogP contribution in [0.15, 0.2) is 40.9 Å². The molecule has 0 spiro atoms. The third-order valence-corrected chi connectivity index (χ3v) is 2.29. The summed E-state index contributed by atoms with van der Waals surface area (Å²) in [7, 11) is 0. The maximum Gasteiger partial charge on any atom is 0.303 e.